The van der Waals surface area contributed by atoms with E-state index in [1.165, 1.54) is 0 Å². The third kappa shape index (κ3) is 3.06. The van der Waals surface area contributed by atoms with Crippen LogP contribution in [0.1, 0.15) is 72.1 Å². The van der Waals surface area contributed by atoms with Crippen molar-refractivity contribution in [1.29, 1.82) is 0 Å². The normalized spacial score (nSPS) is 49.8. The summed E-state index contributed by atoms with van der Waals surface area (Å²) in [6.07, 6.45) is 5.59. The maximum absolute atomic E-state index is 13.3. The van der Waals surface area contributed by atoms with E-state index in [1.54, 1.807) is 6.92 Å². The van der Waals surface area contributed by atoms with E-state index in [4.69, 9.17) is 4.18 Å². The molecule has 0 spiro atoms. The first-order chi connectivity index (χ1) is 13.3. The summed E-state index contributed by atoms with van der Waals surface area (Å²) in [5, 5.41) is 11.6. The van der Waals surface area contributed by atoms with Crippen LogP contribution in [0.15, 0.2) is 0 Å². The second-order valence-corrected chi connectivity index (χ2v) is 12.3. The standard InChI is InChI=1S/C22H34O6S/c1-13(23)16-5-6-17-15-11-19(24)22(25)12-14(28-29(4,26)27)7-10-21(22,3)18(15)8-9-20(16,17)2/h14-18,25H,5-12H2,1-4H3/t14-,15-,16+,17-,18-,20+,21+,22-/m0/s1. The van der Waals surface area contributed by atoms with Gasteiger partial charge in [-0.25, -0.2) is 0 Å². The molecule has 29 heavy (non-hydrogen) atoms. The van der Waals surface area contributed by atoms with Gasteiger partial charge in [0.15, 0.2) is 5.78 Å². The summed E-state index contributed by atoms with van der Waals surface area (Å²) in [5.74, 6) is 0.924. The highest BCUT2D eigenvalue weighted by atomic mass is 32.2. The monoisotopic (exact) mass is 426 g/mol. The number of carbonyl (C=O) groups is 2. The SMILES string of the molecule is CC(=O)[C@H]1CC[C@H]2[C@@H]3CC(=O)[C@@]4(O)C[C@@H](OS(C)(=O)=O)CC[C@]4(C)[C@H]3CC[C@]12C. The van der Waals surface area contributed by atoms with Gasteiger partial charge in [0.1, 0.15) is 11.4 Å². The van der Waals surface area contributed by atoms with Gasteiger partial charge in [-0.15, -0.1) is 0 Å². The fourth-order valence-corrected chi connectivity index (χ4v) is 8.66. The molecule has 0 aromatic heterocycles. The second-order valence-electron chi connectivity index (χ2n) is 10.7. The van der Waals surface area contributed by atoms with E-state index < -0.39 is 27.2 Å². The Labute approximate surface area is 173 Å². The Balaban J connectivity index is 1.64. The van der Waals surface area contributed by atoms with Crippen molar-refractivity contribution in [2.45, 2.75) is 83.8 Å². The highest BCUT2D eigenvalue weighted by molar-refractivity contribution is 7.86. The van der Waals surface area contributed by atoms with Gasteiger partial charge in [0.25, 0.3) is 10.1 Å². The van der Waals surface area contributed by atoms with Gasteiger partial charge in [-0.2, -0.15) is 8.42 Å². The smallest absolute Gasteiger partial charge is 0.264 e. The van der Waals surface area contributed by atoms with Crippen molar-refractivity contribution in [2.75, 3.05) is 6.26 Å². The van der Waals surface area contributed by atoms with Crippen molar-refractivity contribution in [3.8, 4) is 0 Å². The fraction of sp³-hybridized carbons (Fsp3) is 0.909. The number of hydrogen-bond acceptors (Lipinski definition) is 6. The predicted octanol–water partition coefficient (Wildman–Crippen LogP) is 2.87. The molecule has 0 radical (unpaired) electrons. The molecule has 0 aromatic carbocycles. The highest BCUT2D eigenvalue weighted by Crippen LogP contribution is 2.67. The molecule has 0 saturated heterocycles. The number of aliphatic hydroxyl groups is 1. The molecular formula is C22H34O6S. The molecule has 4 aliphatic carbocycles. The average molecular weight is 427 g/mol. The zero-order chi connectivity index (χ0) is 21.4. The van der Waals surface area contributed by atoms with Crippen molar-refractivity contribution in [3.05, 3.63) is 0 Å². The second kappa shape index (κ2) is 6.60. The molecule has 0 aromatic rings. The third-order valence-electron chi connectivity index (χ3n) is 9.39. The van der Waals surface area contributed by atoms with Crippen LogP contribution in [0.5, 0.6) is 0 Å². The number of fused-ring (bicyclic) bond motifs is 5. The van der Waals surface area contributed by atoms with Crippen LogP contribution < -0.4 is 0 Å². The van der Waals surface area contributed by atoms with Gasteiger partial charge in [-0.3, -0.25) is 13.8 Å². The van der Waals surface area contributed by atoms with Crippen LogP contribution in [0.2, 0.25) is 0 Å². The summed E-state index contributed by atoms with van der Waals surface area (Å²) in [6, 6.07) is 0. The lowest BCUT2D eigenvalue weighted by atomic mass is 9.43. The molecule has 7 heteroatoms. The Kier molecular flexibility index (Phi) is 4.88. The third-order valence-corrected chi connectivity index (χ3v) is 10.0. The molecule has 0 aliphatic heterocycles. The van der Waals surface area contributed by atoms with Crippen molar-refractivity contribution in [1.82, 2.24) is 0 Å². The minimum atomic E-state index is -3.64. The van der Waals surface area contributed by atoms with Crippen molar-refractivity contribution in [2.24, 2.45) is 34.5 Å². The minimum Gasteiger partial charge on any atom is -0.381 e. The fourth-order valence-electron chi connectivity index (χ4n) is 8.00. The number of Topliss-reactive ketones (excluding diaryl/α,β-unsaturated/α-hetero) is 2. The first kappa shape index (κ1) is 21.4. The number of rotatable bonds is 3. The molecule has 6 nitrogen and oxygen atoms in total. The lowest BCUT2D eigenvalue weighted by Gasteiger charge is -2.63. The Morgan fingerprint density at radius 2 is 1.79 bits per heavy atom. The Bertz CT molecular complexity index is 836. The van der Waals surface area contributed by atoms with Gasteiger partial charge in [0, 0.05) is 24.2 Å². The van der Waals surface area contributed by atoms with E-state index in [0.29, 0.717) is 25.2 Å². The van der Waals surface area contributed by atoms with E-state index in [2.05, 4.69) is 6.92 Å². The van der Waals surface area contributed by atoms with E-state index in [1.807, 2.05) is 6.92 Å². The molecule has 0 amide bonds. The number of hydrogen-bond donors (Lipinski definition) is 1. The van der Waals surface area contributed by atoms with Gasteiger partial charge < -0.3 is 5.11 Å². The minimum absolute atomic E-state index is 0.0459. The number of ketones is 2. The van der Waals surface area contributed by atoms with Crippen molar-refractivity contribution < 1.29 is 27.3 Å². The molecule has 1 N–H and O–H groups in total. The predicted molar refractivity (Wildman–Crippen MR) is 107 cm³/mol. The van der Waals surface area contributed by atoms with E-state index in [9.17, 15) is 23.1 Å². The Hall–Kier alpha value is -0.790. The molecule has 4 aliphatic rings. The summed E-state index contributed by atoms with van der Waals surface area (Å²) in [5.41, 5.74) is -2.15. The van der Waals surface area contributed by atoms with Crippen LogP contribution in [0.25, 0.3) is 0 Å². The lowest BCUT2D eigenvalue weighted by Crippen LogP contribution is -2.67. The molecule has 4 saturated carbocycles. The molecule has 164 valence electrons. The Morgan fingerprint density at radius 3 is 2.41 bits per heavy atom. The maximum atomic E-state index is 13.3. The van der Waals surface area contributed by atoms with Crippen molar-refractivity contribution >= 4 is 21.7 Å². The maximum Gasteiger partial charge on any atom is 0.264 e. The topological polar surface area (TPSA) is 97.7 Å². The lowest BCUT2D eigenvalue weighted by molar-refractivity contribution is -0.211. The van der Waals surface area contributed by atoms with Crippen LogP contribution in [-0.4, -0.2) is 43.1 Å². The average Bonchev–Trinajstić information content (AvgIpc) is 2.94. The van der Waals surface area contributed by atoms with Gasteiger partial charge in [0.05, 0.1) is 12.4 Å². The summed E-state index contributed by atoms with van der Waals surface area (Å²) in [4.78, 5) is 25.6. The highest BCUT2D eigenvalue weighted by Gasteiger charge is 2.68. The van der Waals surface area contributed by atoms with Crippen molar-refractivity contribution in [3.63, 3.8) is 0 Å². The van der Waals surface area contributed by atoms with Gasteiger partial charge in [0.2, 0.25) is 0 Å². The van der Waals surface area contributed by atoms with E-state index in [-0.39, 0.29) is 41.2 Å². The molecule has 4 fully saturated rings. The molecule has 0 unspecified atom stereocenters. The quantitative estimate of drug-likeness (QED) is 0.697. The molecule has 0 heterocycles. The zero-order valence-corrected chi connectivity index (χ0v) is 18.8. The first-order valence-electron chi connectivity index (χ1n) is 11.0. The van der Waals surface area contributed by atoms with Crippen LogP contribution in [-0.2, 0) is 23.9 Å². The molecular weight excluding hydrogens is 392 g/mol. The summed E-state index contributed by atoms with van der Waals surface area (Å²) in [6.45, 7) is 5.95. The Morgan fingerprint density at radius 1 is 1.10 bits per heavy atom. The van der Waals surface area contributed by atoms with Crippen LogP contribution in [0.3, 0.4) is 0 Å². The largest absolute Gasteiger partial charge is 0.381 e. The van der Waals surface area contributed by atoms with E-state index in [0.717, 1.165) is 31.9 Å². The summed E-state index contributed by atoms with van der Waals surface area (Å²) in [7, 11) is -3.64. The molecule has 8 atom stereocenters. The molecule has 4 rings (SSSR count). The van der Waals surface area contributed by atoms with Gasteiger partial charge in [-0.05, 0) is 68.6 Å². The summed E-state index contributed by atoms with van der Waals surface area (Å²) < 4.78 is 28.3. The number of carbonyl (C=O) groups excluding carboxylic acids is 2. The van der Waals surface area contributed by atoms with Crippen LogP contribution in [0, 0.1) is 34.5 Å². The molecule has 0 bridgehead atoms. The van der Waals surface area contributed by atoms with E-state index >= 15 is 0 Å². The van der Waals surface area contributed by atoms with Crippen LogP contribution >= 0.6 is 0 Å². The van der Waals surface area contributed by atoms with Gasteiger partial charge in [-0.1, -0.05) is 13.8 Å². The first-order valence-corrected chi connectivity index (χ1v) is 12.8. The zero-order valence-electron chi connectivity index (χ0n) is 17.9. The summed E-state index contributed by atoms with van der Waals surface area (Å²) >= 11 is 0. The van der Waals surface area contributed by atoms with Gasteiger partial charge >= 0.3 is 0 Å². The van der Waals surface area contributed by atoms with Crippen LogP contribution in [0.4, 0.5) is 0 Å².